The van der Waals surface area contributed by atoms with Crippen molar-refractivity contribution >= 4 is 27.5 Å². The molecule has 0 spiro atoms. The van der Waals surface area contributed by atoms with Crippen molar-refractivity contribution in [2.75, 3.05) is 5.01 Å². The number of halogens is 1. The van der Waals surface area contributed by atoms with Crippen LogP contribution in [0.1, 0.15) is 53.4 Å². The number of nitrogens with zero attached hydrogens (tertiary/aromatic N) is 1. The minimum atomic E-state index is -0.0478. The molecule has 0 aliphatic rings. The standard InChI is InChI=1S/C17H23BrN2O.C2H6/c1-3-9-15(14(2)18)10-7-8-13-17(21)20(19)16-11-5-4-6-12-16;1-2/h3-6,9,11-12H,7-8,10,13,19H2,1-2H3;1-2H3/b9-3-,15-14-;. The second-order valence-electron chi connectivity index (χ2n) is 4.87. The van der Waals surface area contributed by atoms with E-state index in [1.807, 2.05) is 64.1 Å². The number of benzene rings is 1. The summed E-state index contributed by atoms with van der Waals surface area (Å²) in [6.45, 7) is 8.04. The minimum absolute atomic E-state index is 0.0478. The summed E-state index contributed by atoms with van der Waals surface area (Å²) >= 11 is 3.51. The first-order chi connectivity index (χ1) is 11.1. The van der Waals surface area contributed by atoms with Crippen molar-refractivity contribution in [3.8, 4) is 0 Å². The first kappa shape index (κ1) is 21.6. The molecule has 2 N–H and O–H groups in total. The number of hydrazine groups is 1. The molecule has 0 aliphatic heterocycles. The molecule has 128 valence electrons. The van der Waals surface area contributed by atoms with Crippen LogP contribution in [-0.4, -0.2) is 5.91 Å². The van der Waals surface area contributed by atoms with Crippen LogP contribution in [0.25, 0.3) is 0 Å². The van der Waals surface area contributed by atoms with Crippen LogP contribution in [0.2, 0.25) is 0 Å². The van der Waals surface area contributed by atoms with Crippen molar-refractivity contribution in [2.24, 2.45) is 5.84 Å². The number of para-hydroxylation sites is 1. The largest absolute Gasteiger partial charge is 0.273 e. The van der Waals surface area contributed by atoms with Crippen molar-refractivity contribution in [3.05, 3.63) is 52.5 Å². The maximum atomic E-state index is 12.0. The van der Waals surface area contributed by atoms with Gasteiger partial charge in [0.1, 0.15) is 0 Å². The summed E-state index contributed by atoms with van der Waals surface area (Å²) < 4.78 is 1.15. The Morgan fingerprint density at radius 1 is 1.17 bits per heavy atom. The Labute approximate surface area is 149 Å². The minimum Gasteiger partial charge on any atom is -0.273 e. The van der Waals surface area contributed by atoms with Crippen LogP contribution >= 0.6 is 15.9 Å². The van der Waals surface area contributed by atoms with E-state index in [4.69, 9.17) is 5.84 Å². The maximum absolute atomic E-state index is 12.0. The van der Waals surface area contributed by atoms with Gasteiger partial charge >= 0.3 is 0 Å². The van der Waals surface area contributed by atoms with Gasteiger partial charge in [-0.05, 0) is 55.3 Å². The predicted molar refractivity (Wildman–Crippen MR) is 104 cm³/mol. The third-order valence-corrected chi connectivity index (χ3v) is 3.71. The Morgan fingerprint density at radius 2 is 1.74 bits per heavy atom. The zero-order valence-electron chi connectivity index (χ0n) is 14.7. The molecule has 0 radical (unpaired) electrons. The van der Waals surface area contributed by atoms with Crippen LogP contribution < -0.4 is 10.9 Å². The summed E-state index contributed by atoms with van der Waals surface area (Å²) in [6.07, 6.45) is 7.37. The average Bonchev–Trinajstić information content (AvgIpc) is 2.59. The molecule has 1 amide bonds. The van der Waals surface area contributed by atoms with Gasteiger partial charge in [-0.15, -0.1) is 0 Å². The number of unbranched alkanes of at least 4 members (excludes halogenated alkanes) is 1. The lowest BCUT2D eigenvalue weighted by atomic mass is 10.1. The van der Waals surface area contributed by atoms with Gasteiger partial charge in [-0.3, -0.25) is 4.79 Å². The maximum Gasteiger partial charge on any atom is 0.241 e. The quantitative estimate of drug-likeness (QED) is 0.216. The first-order valence-corrected chi connectivity index (χ1v) is 8.96. The van der Waals surface area contributed by atoms with Gasteiger partial charge in [0.25, 0.3) is 0 Å². The third kappa shape index (κ3) is 8.72. The van der Waals surface area contributed by atoms with Crippen LogP contribution in [-0.2, 0) is 4.79 Å². The van der Waals surface area contributed by atoms with E-state index < -0.39 is 0 Å². The normalized spacial score (nSPS) is 11.6. The molecule has 0 atom stereocenters. The summed E-state index contributed by atoms with van der Waals surface area (Å²) in [5.74, 6) is 5.78. The number of nitrogens with two attached hydrogens (primary N) is 1. The van der Waals surface area contributed by atoms with Crippen LogP contribution in [0.5, 0.6) is 0 Å². The van der Waals surface area contributed by atoms with E-state index >= 15 is 0 Å². The zero-order valence-corrected chi connectivity index (χ0v) is 16.3. The van der Waals surface area contributed by atoms with Gasteiger partial charge in [-0.1, -0.05) is 60.1 Å². The van der Waals surface area contributed by atoms with Gasteiger partial charge in [0.2, 0.25) is 5.91 Å². The summed E-state index contributed by atoms with van der Waals surface area (Å²) in [6, 6.07) is 9.31. The smallest absolute Gasteiger partial charge is 0.241 e. The molecule has 0 unspecified atom stereocenters. The number of hydrogen-bond acceptors (Lipinski definition) is 2. The second-order valence-corrected chi connectivity index (χ2v) is 6.05. The number of hydrogen-bond donors (Lipinski definition) is 1. The summed E-state index contributed by atoms with van der Waals surface area (Å²) in [4.78, 5) is 12.0. The number of anilines is 1. The molecule has 1 aromatic rings. The summed E-state index contributed by atoms with van der Waals surface area (Å²) in [5, 5.41) is 1.23. The summed E-state index contributed by atoms with van der Waals surface area (Å²) in [5.41, 5.74) is 2.01. The highest BCUT2D eigenvalue weighted by Gasteiger charge is 2.10. The van der Waals surface area contributed by atoms with E-state index in [9.17, 15) is 4.79 Å². The number of allylic oxidation sites excluding steroid dienone is 4. The highest BCUT2D eigenvalue weighted by atomic mass is 79.9. The fourth-order valence-corrected chi connectivity index (χ4v) is 2.35. The molecule has 0 bridgehead atoms. The molecular formula is C19H29BrN2O. The Hall–Kier alpha value is -1.39. The van der Waals surface area contributed by atoms with E-state index in [0.717, 1.165) is 29.4 Å². The Morgan fingerprint density at radius 3 is 2.26 bits per heavy atom. The molecule has 0 fully saturated rings. The fourth-order valence-electron chi connectivity index (χ4n) is 2.02. The molecule has 4 heteroatoms. The number of carbonyl (C=O) groups excluding carboxylic acids is 1. The van der Waals surface area contributed by atoms with Crippen LogP contribution in [0.4, 0.5) is 5.69 Å². The number of amides is 1. The van der Waals surface area contributed by atoms with Gasteiger partial charge in [0.15, 0.2) is 0 Å². The molecule has 0 saturated heterocycles. The lowest BCUT2D eigenvalue weighted by Gasteiger charge is -2.16. The van der Waals surface area contributed by atoms with E-state index in [1.165, 1.54) is 10.6 Å². The van der Waals surface area contributed by atoms with Crippen molar-refractivity contribution in [2.45, 2.75) is 53.4 Å². The molecule has 1 aromatic carbocycles. The van der Waals surface area contributed by atoms with Crippen LogP contribution in [0, 0.1) is 0 Å². The van der Waals surface area contributed by atoms with Gasteiger partial charge in [0.05, 0.1) is 5.69 Å². The van der Waals surface area contributed by atoms with E-state index in [2.05, 4.69) is 22.0 Å². The highest BCUT2D eigenvalue weighted by Crippen LogP contribution is 2.19. The number of rotatable bonds is 7. The van der Waals surface area contributed by atoms with Gasteiger partial charge in [-0.2, -0.15) is 0 Å². The zero-order chi connectivity index (χ0) is 17.7. The lowest BCUT2D eigenvalue weighted by Crippen LogP contribution is -2.37. The fraction of sp³-hybridized carbons (Fsp3) is 0.421. The monoisotopic (exact) mass is 380 g/mol. The number of carbonyl (C=O) groups is 1. The second kappa shape index (κ2) is 13.1. The average molecular weight is 381 g/mol. The van der Waals surface area contributed by atoms with Gasteiger partial charge in [-0.25, -0.2) is 10.9 Å². The summed E-state index contributed by atoms with van der Waals surface area (Å²) in [7, 11) is 0. The van der Waals surface area contributed by atoms with Crippen molar-refractivity contribution in [1.82, 2.24) is 0 Å². The topological polar surface area (TPSA) is 46.3 Å². The molecule has 0 aliphatic carbocycles. The molecule has 3 nitrogen and oxygen atoms in total. The molecular weight excluding hydrogens is 352 g/mol. The van der Waals surface area contributed by atoms with Crippen molar-refractivity contribution < 1.29 is 4.79 Å². The van der Waals surface area contributed by atoms with Crippen LogP contribution in [0.15, 0.2) is 52.5 Å². The molecule has 0 heterocycles. The van der Waals surface area contributed by atoms with Crippen LogP contribution in [0.3, 0.4) is 0 Å². The van der Waals surface area contributed by atoms with Gasteiger partial charge in [0, 0.05) is 6.42 Å². The van der Waals surface area contributed by atoms with E-state index in [0.29, 0.717) is 6.42 Å². The SMILES string of the molecule is C/C=C\C(CCCCC(=O)N(N)c1ccccc1)=C(/C)Br.CC. The predicted octanol–water partition coefficient (Wildman–Crippen LogP) is 5.72. The Bertz CT molecular complexity index is 505. The van der Waals surface area contributed by atoms with Crippen molar-refractivity contribution in [1.29, 1.82) is 0 Å². The molecule has 0 saturated carbocycles. The van der Waals surface area contributed by atoms with Crippen molar-refractivity contribution in [3.63, 3.8) is 0 Å². The van der Waals surface area contributed by atoms with E-state index in [1.54, 1.807) is 0 Å². The highest BCUT2D eigenvalue weighted by molar-refractivity contribution is 9.11. The molecule has 1 rings (SSSR count). The molecule has 23 heavy (non-hydrogen) atoms. The van der Waals surface area contributed by atoms with E-state index in [-0.39, 0.29) is 5.91 Å². The first-order valence-electron chi connectivity index (χ1n) is 8.17. The Kier molecular flexibility index (Phi) is 12.3. The third-order valence-electron chi connectivity index (χ3n) is 3.20. The van der Waals surface area contributed by atoms with Gasteiger partial charge < -0.3 is 0 Å². The Balaban J connectivity index is 0.00000232. The lowest BCUT2D eigenvalue weighted by molar-refractivity contribution is -0.118. The molecule has 0 aromatic heterocycles.